The van der Waals surface area contributed by atoms with E-state index in [1.54, 1.807) is 0 Å². The van der Waals surface area contributed by atoms with Gasteiger partial charge in [-0.05, 0) is 48.6 Å². The molecule has 1 aromatic carbocycles. The smallest absolute Gasteiger partial charge is 0.0734 e. The van der Waals surface area contributed by atoms with E-state index < -0.39 is 0 Å². The topological polar surface area (TPSA) is 17.3 Å². The maximum Gasteiger partial charge on any atom is 0.0734 e. The lowest BCUT2D eigenvalue weighted by atomic mass is 9.95. The van der Waals surface area contributed by atoms with E-state index in [1.165, 1.54) is 27.9 Å². The molecule has 1 atom stereocenters. The van der Waals surface area contributed by atoms with Crippen LogP contribution in [0, 0.1) is 6.92 Å². The minimum atomic E-state index is 0.545. The highest BCUT2D eigenvalue weighted by atomic mass is 79.9. The fourth-order valence-electron chi connectivity index (χ4n) is 2.89. The summed E-state index contributed by atoms with van der Waals surface area (Å²) in [7, 11) is 0. The summed E-state index contributed by atoms with van der Waals surface area (Å²) in [4.78, 5) is 0. The number of nitrogens with zero attached hydrogens (tertiary/aromatic N) is 2. The number of rotatable bonds is 4. The monoisotopic (exact) mass is 356 g/mol. The zero-order valence-corrected chi connectivity index (χ0v) is 14.9. The first kappa shape index (κ1) is 15.3. The number of aryl methyl sites for hydroxylation is 1. The summed E-state index contributed by atoms with van der Waals surface area (Å²) in [5, 5.41) is 4.62. The maximum atomic E-state index is 4.62. The Morgan fingerprint density at radius 3 is 2.55 bits per heavy atom. The van der Waals surface area contributed by atoms with E-state index in [0.717, 1.165) is 17.3 Å². The van der Waals surface area contributed by atoms with Gasteiger partial charge in [0.25, 0.3) is 0 Å². The predicted octanol–water partition coefficient (Wildman–Crippen LogP) is 5.51. The van der Waals surface area contributed by atoms with Crippen molar-refractivity contribution < 1.29 is 0 Å². The van der Waals surface area contributed by atoms with Crippen LogP contribution in [-0.4, -0.2) is 9.61 Å². The summed E-state index contributed by atoms with van der Waals surface area (Å²) in [5.41, 5.74) is 6.50. The van der Waals surface area contributed by atoms with Gasteiger partial charge in [0, 0.05) is 22.2 Å². The highest BCUT2D eigenvalue weighted by molar-refractivity contribution is 9.10. The van der Waals surface area contributed by atoms with Gasteiger partial charge in [-0.2, -0.15) is 5.10 Å². The van der Waals surface area contributed by atoms with Crippen molar-refractivity contribution >= 4 is 21.4 Å². The molecule has 0 saturated carbocycles. The Bertz CT molecular complexity index is 787. The molecule has 3 rings (SSSR count). The van der Waals surface area contributed by atoms with Gasteiger partial charge in [0.15, 0.2) is 0 Å². The SMILES string of the molecule is CCC(C)c1ccc(C)n2ncc(Cc3ccc(Br)cc3)c12. The summed E-state index contributed by atoms with van der Waals surface area (Å²) in [6, 6.07) is 13.0. The molecule has 2 nitrogen and oxygen atoms in total. The maximum absolute atomic E-state index is 4.62. The van der Waals surface area contributed by atoms with Gasteiger partial charge < -0.3 is 0 Å². The van der Waals surface area contributed by atoms with Gasteiger partial charge in [-0.15, -0.1) is 0 Å². The van der Waals surface area contributed by atoms with Crippen LogP contribution >= 0.6 is 15.9 Å². The highest BCUT2D eigenvalue weighted by Gasteiger charge is 2.15. The van der Waals surface area contributed by atoms with Crippen LogP contribution in [-0.2, 0) is 6.42 Å². The van der Waals surface area contributed by atoms with Crippen LogP contribution < -0.4 is 0 Å². The average Bonchev–Trinajstić information content (AvgIpc) is 2.94. The molecule has 0 spiro atoms. The van der Waals surface area contributed by atoms with Crippen molar-refractivity contribution in [1.29, 1.82) is 0 Å². The Labute approximate surface area is 140 Å². The van der Waals surface area contributed by atoms with Crippen LogP contribution in [0.15, 0.2) is 47.1 Å². The van der Waals surface area contributed by atoms with Crippen LogP contribution in [0.1, 0.15) is 48.6 Å². The van der Waals surface area contributed by atoms with E-state index in [4.69, 9.17) is 0 Å². The molecule has 2 aromatic heterocycles. The number of aromatic nitrogens is 2. The van der Waals surface area contributed by atoms with Crippen molar-refractivity contribution in [3.8, 4) is 0 Å². The third-order valence-electron chi connectivity index (χ3n) is 4.41. The normalized spacial score (nSPS) is 12.7. The first-order chi connectivity index (χ1) is 10.6. The molecule has 0 aliphatic carbocycles. The van der Waals surface area contributed by atoms with Crippen molar-refractivity contribution in [1.82, 2.24) is 9.61 Å². The second kappa shape index (κ2) is 6.25. The quantitative estimate of drug-likeness (QED) is 0.602. The molecule has 0 radical (unpaired) electrons. The van der Waals surface area contributed by atoms with Crippen molar-refractivity contribution in [2.24, 2.45) is 0 Å². The third kappa shape index (κ3) is 2.82. The average molecular weight is 357 g/mol. The lowest BCUT2D eigenvalue weighted by Crippen LogP contribution is -2.01. The number of hydrogen-bond acceptors (Lipinski definition) is 1. The van der Waals surface area contributed by atoms with Gasteiger partial charge in [-0.1, -0.05) is 48.0 Å². The van der Waals surface area contributed by atoms with Crippen molar-refractivity contribution in [2.75, 3.05) is 0 Å². The molecule has 0 N–H and O–H groups in total. The van der Waals surface area contributed by atoms with E-state index in [9.17, 15) is 0 Å². The van der Waals surface area contributed by atoms with E-state index in [2.05, 4.69) is 82.7 Å². The molecule has 0 fully saturated rings. The fraction of sp³-hybridized carbons (Fsp3) is 0.316. The molecule has 0 aliphatic heterocycles. The van der Waals surface area contributed by atoms with Crippen LogP contribution in [0.2, 0.25) is 0 Å². The Balaban J connectivity index is 2.09. The number of hydrogen-bond donors (Lipinski definition) is 0. The number of pyridine rings is 1. The first-order valence-corrected chi connectivity index (χ1v) is 8.60. The zero-order chi connectivity index (χ0) is 15.7. The van der Waals surface area contributed by atoms with E-state index in [-0.39, 0.29) is 0 Å². The van der Waals surface area contributed by atoms with Crippen LogP contribution in [0.5, 0.6) is 0 Å². The molecule has 1 unspecified atom stereocenters. The number of fused-ring (bicyclic) bond motifs is 1. The second-order valence-electron chi connectivity index (χ2n) is 5.97. The Hall–Kier alpha value is -1.61. The molecule has 3 heteroatoms. The van der Waals surface area contributed by atoms with Crippen molar-refractivity contribution in [2.45, 2.75) is 39.5 Å². The second-order valence-corrected chi connectivity index (χ2v) is 6.89. The van der Waals surface area contributed by atoms with Gasteiger partial charge in [-0.25, -0.2) is 4.52 Å². The Kier molecular flexibility index (Phi) is 4.34. The van der Waals surface area contributed by atoms with Gasteiger partial charge in [0.05, 0.1) is 11.7 Å². The molecule has 0 bridgehead atoms. The minimum Gasteiger partial charge on any atom is -0.238 e. The molecule has 114 valence electrons. The van der Waals surface area contributed by atoms with Crippen LogP contribution in [0.3, 0.4) is 0 Å². The predicted molar refractivity (Wildman–Crippen MR) is 95.6 cm³/mol. The van der Waals surface area contributed by atoms with Gasteiger partial charge in [0.1, 0.15) is 0 Å². The van der Waals surface area contributed by atoms with Gasteiger partial charge >= 0.3 is 0 Å². The Morgan fingerprint density at radius 1 is 1.14 bits per heavy atom. The summed E-state index contributed by atoms with van der Waals surface area (Å²) >= 11 is 3.50. The largest absolute Gasteiger partial charge is 0.238 e. The van der Waals surface area contributed by atoms with E-state index in [0.29, 0.717) is 5.92 Å². The summed E-state index contributed by atoms with van der Waals surface area (Å²) in [6.07, 6.45) is 4.08. The summed E-state index contributed by atoms with van der Waals surface area (Å²) < 4.78 is 3.21. The molecule has 0 saturated heterocycles. The molecule has 22 heavy (non-hydrogen) atoms. The van der Waals surface area contributed by atoms with Crippen LogP contribution in [0.25, 0.3) is 5.52 Å². The van der Waals surface area contributed by atoms with Crippen molar-refractivity contribution in [3.63, 3.8) is 0 Å². The zero-order valence-electron chi connectivity index (χ0n) is 13.3. The molecular weight excluding hydrogens is 336 g/mol. The fourth-order valence-corrected chi connectivity index (χ4v) is 3.15. The lowest BCUT2D eigenvalue weighted by Gasteiger charge is -2.14. The molecule has 0 aliphatic rings. The van der Waals surface area contributed by atoms with Crippen molar-refractivity contribution in [3.05, 3.63) is 69.5 Å². The standard InChI is InChI=1S/C19H21BrN2/c1-4-13(2)18-10-5-14(3)22-19(18)16(12-21-22)11-15-6-8-17(20)9-7-15/h5-10,12-13H,4,11H2,1-3H3. The molecular formula is C19H21BrN2. The summed E-state index contributed by atoms with van der Waals surface area (Å²) in [5.74, 6) is 0.545. The van der Waals surface area contributed by atoms with Gasteiger partial charge in [-0.3, -0.25) is 0 Å². The summed E-state index contributed by atoms with van der Waals surface area (Å²) in [6.45, 7) is 6.65. The number of benzene rings is 1. The minimum absolute atomic E-state index is 0.545. The lowest BCUT2D eigenvalue weighted by molar-refractivity contribution is 0.730. The molecule has 3 aromatic rings. The number of halogens is 1. The molecule has 0 amide bonds. The first-order valence-electron chi connectivity index (χ1n) is 7.80. The van der Waals surface area contributed by atoms with Gasteiger partial charge in [0.2, 0.25) is 0 Å². The van der Waals surface area contributed by atoms with E-state index in [1.807, 2.05) is 6.20 Å². The van der Waals surface area contributed by atoms with E-state index >= 15 is 0 Å². The third-order valence-corrected chi connectivity index (χ3v) is 4.94. The van der Waals surface area contributed by atoms with Crippen LogP contribution in [0.4, 0.5) is 0 Å². The Morgan fingerprint density at radius 2 is 1.86 bits per heavy atom. The highest BCUT2D eigenvalue weighted by Crippen LogP contribution is 2.28. The molecule has 2 heterocycles.